The number of nitrogens with zero attached hydrogens (tertiary/aromatic N) is 5. The molecule has 1 saturated heterocycles. The molecule has 1 fully saturated rings. The number of furan rings is 1. The van der Waals surface area contributed by atoms with Crippen LogP contribution < -0.4 is 11.1 Å². The smallest absolute Gasteiger partial charge is 0.291 e. The van der Waals surface area contributed by atoms with Gasteiger partial charge in [0.05, 0.1) is 12.0 Å². The van der Waals surface area contributed by atoms with Gasteiger partial charge in [0.15, 0.2) is 17.3 Å². The molecule has 3 heterocycles. The van der Waals surface area contributed by atoms with E-state index in [2.05, 4.69) is 20.5 Å². The van der Waals surface area contributed by atoms with Crippen molar-refractivity contribution < 1.29 is 14.0 Å². The fourth-order valence-electron chi connectivity index (χ4n) is 3.08. The highest BCUT2D eigenvalue weighted by molar-refractivity contribution is 6.02. The van der Waals surface area contributed by atoms with E-state index in [1.807, 2.05) is 7.05 Å². The van der Waals surface area contributed by atoms with Gasteiger partial charge in [0.25, 0.3) is 11.8 Å². The van der Waals surface area contributed by atoms with E-state index < -0.39 is 0 Å². The Kier molecular flexibility index (Phi) is 5.00. The van der Waals surface area contributed by atoms with Gasteiger partial charge in [-0.1, -0.05) is 5.21 Å². The number of benzene rings is 1. The SMILES string of the molecule is CN1CCN(C(=O)c2nnn(-c3ccc(NC(=O)c4ccco4)cc3)c2N)CC1. The number of likely N-dealkylation sites (N-methyl/N-ethyl adjacent to an activating group) is 1. The lowest BCUT2D eigenvalue weighted by molar-refractivity contribution is 0.0659. The Morgan fingerprint density at radius 2 is 1.83 bits per heavy atom. The molecule has 1 aliphatic rings. The zero-order valence-electron chi connectivity index (χ0n) is 15.9. The summed E-state index contributed by atoms with van der Waals surface area (Å²) in [6.07, 6.45) is 1.44. The number of hydrogen-bond donors (Lipinski definition) is 2. The molecule has 0 aliphatic carbocycles. The predicted molar refractivity (Wildman–Crippen MR) is 106 cm³/mol. The summed E-state index contributed by atoms with van der Waals surface area (Å²) in [4.78, 5) is 28.6. The zero-order chi connectivity index (χ0) is 20.4. The highest BCUT2D eigenvalue weighted by Crippen LogP contribution is 2.19. The third kappa shape index (κ3) is 3.83. The highest BCUT2D eigenvalue weighted by Gasteiger charge is 2.26. The van der Waals surface area contributed by atoms with Gasteiger partial charge < -0.3 is 25.3 Å². The summed E-state index contributed by atoms with van der Waals surface area (Å²) in [6.45, 7) is 2.88. The van der Waals surface area contributed by atoms with Crippen LogP contribution in [0.2, 0.25) is 0 Å². The molecule has 0 unspecified atom stereocenters. The molecule has 2 aromatic heterocycles. The summed E-state index contributed by atoms with van der Waals surface area (Å²) in [7, 11) is 2.02. The molecule has 29 heavy (non-hydrogen) atoms. The van der Waals surface area contributed by atoms with E-state index in [9.17, 15) is 9.59 Å². The summed E-state index contributed by atoms with van der Waals surface area (Å²) >= 11 is 0. The summed E-state index contributed by atoms with van der Waals surface area (Å²) in [5.74, 6) is -0.157. The molecule has 0 atom stereocenters. The first-order chi connectivity index (χ1) is 14.0. The number of carbonyl (C=O) groups excluding carboxylic acids is 2. The van der Waals surface area contributed by atoms with E-state index in [0.29, 0.717) is 24.5 Å². The number of aromatic nitrogens is 3. The van der Waals surface area contributed by atoms with Crippen molar-refractivity contribution in [1.29, 1.82) is 0 Å². The van der Waals surface area contributed by atoms with Crippen molar-refractivity contribution in [3.8, 4) is 5.69 Å². The number of carbonyl (C=O) groups is 2. The summed E-state index contributed by atoms with van der Waals surface area (Å²) in [5.41, 5.74) is 7.51. The molecule has 10 heteroatoms. The Bertz CT molecular complexity index is 1000. The number of amides is 2. The average Bonchev–Trinajstić information content (AvgIpc) is 3.39. The normalized spacial score (nSPS) is 14.7. The van der Waals surface area contributed by atoms with Crippen LogP contribution in [0.1, 0.15) is 21.0 Å². The zero-order valence-corrected chi connectivity index (χ0v) is 15.9. The van der Waals surface area contributed by atoms with Crippen molar-refractivity contribution in [2.24, 2.45) is 0 Å². The Hall–Kier alpha value is -3.66. The fourth-order valence-corrected chi connectivity index (χ4v) is 3.08. The van der Waals surface area contributed by atoms with Crippen molar-refractivity contribution in [3.05, 3.63) is 54.1 Å². The van der Waals surface area contributed by atoms with Crippen molar-refractivity contribution in [2.45, 2.75) is 0 Å². The minimum atomic E-state index is -0.344. The number of nitrogen functional groups attached to an aromatic ring is 1. The predicted octanol–water partition coefficient (Wildman–Crippen LogP) is 1.08. The second-order valence-electron chi connectivity index (χ2n) is 6.81. The van der Waals surface area contributed by atoms with Gasteiger partial charge in [0, 0.05) is 31.9 Å². The molecule has 4 rings (SSSR count). The summed E-state index contributed by atoms with van der Waals surface area (Å²) in [5, 5.41) is 10.8. The topological polar surface area (TPSA) is 123 Å². The Morgan fingerprint density at radius 3 is 2.48 bits per heavy atom. The van der Waals surface area contributed by atoms with Gasteiger partial charge in [-0.3, -0.25) is 9.59 Å². The van der Waals surface area contributed by atoms with Crippen LogP contribution in [0.15, 0.2) is 47.1 Å². The molecule has 1 aromatic carbocycles. The molecule has 1 aliphatic heterocycles. The minimum Gasteiger partial charge on any atom is -0.459 e. The molecule has 0 bridgehead atoms. The number of rotatable bonds is 4. The Morgan fingerprint density at radius 1 is 1.10 bits per heavy atom. The highest BCUT2D eigenvalue weighted by atomic mass is 16.3. The van der Waals surface area contributed by atoms with Gasteiger partial charge in [-0.15, -0.1) is 5.10 Å². The first-order valence-electron chi connectivity index (χ1n) is 9.17. The second-order valence-corrected chi connectivity index (χ2v) is 6.81. The van der Waals surface area contributed by atoms with Gasteiger partial charge in [-0.05, 0) is 43.4 Å². The summed E-state index contributed by atoms with van der Waals surface area (Å²) in [6, 6.07) is 10.1. The third-order valence-electron chi connectivity index (χ3n) is 4.81. The van der Waals surface area contributed by atoms with Gasteiger partial charge in [-0.25, -0.2) is 0 Å². The third-order valence-corrected chi connectivity index (χ3v) is 4.81. The quantitative estimate of drug-likeness (QED) is 0.678. The van der Waals surface area contributed by atoms with Crippen LogP contribution in [0.5, 0.6) is 0 Å². The molecule has 10 nitrogen and oxygen atoms in total. The molecule has 0 saturated carbocycles. The van der Waals surface area contributed by atoms with Gasteiger partial charge >= 0.3 is 0 Å². The number of hydrogen-bond acceptors (Lipinski definition) is 7. The molecule has 0 spiro atoms. The summed E-state index contributed by atoms with van der Waals surface area (Å²) < 4.78 is 6.47. The number of piperazine rings is 1. The molecular weight excluding hydrogens is 374 g/mol. The van der Waals surface area contributed by atoms with Gasteiger partial charge in [0.1, 0.15) is 0 Å². The van der Waals surface area contributed by atoms with Crippen molar-refractivity contribution in [3.63, 3.8) is 0 Å². The average molecular weight is 395 g/mol. The molecular formula is C19H21N7O3. The molecule has 2 amide bonds. The maximum atomic E-state index is 12.7. The number of nitrogens with one attached hydrogen (secondary N) is 1. The number of nitrogens with two attached hydrogens (primary N) is 1. The lowest BCUT2D eigenvalue weighted by Crippen LogP contribution is -2.47. The standard InChI is InChI=1S/C19H21N7O3/c1-24-8-10-25(11-9-24)19(28)16-17(20)26(23-22-16)14-6-4-13(5-7-14)21-18(27)15-3-2-12-29-15/h2-7,12H,8-11,20H2,1H3,(H,21,27). The van der Waals surface area contributed by atoms with Crippen LogP contribution in [0.4, 0.5) is 11.5 Å². The van der Waals surface area contributed by atoms with Crippen LogP contribution in [0.3, 0.4) is 0 Å². The van der Waals surface area contributed by atoms with E-state index in [0.717, 1.165) is 13.1 Å². The van der Waals surface area contributed by atoms with Crippen molar-refractivity contribution >= 4 is 23.3 Å². The van der Waals surface area contributed by atoms with E-state index in [-0.39, 0.29) is 29.1 Å². The van der Waals surface area contributed by atoms with Crippen molar-refractivity contribution in [2.75, 3.05) is 44.3 Å². The first-order valence-corrected chi connectivity index (χ1v) is 9.17. The second kappa shape index (κ2) is 7.76. The van der Waals surface area contributed by atoms with Crippen LogP contribution in [0, 0.1) is 0 Å². The molecule has 150 valence electrons. The van der Waals surface area contributed by atoms with E-state index >= 15 is 0 Å². The molecule has 3 N–H and O–H groups in total. The van der Waals surface area contributed by atoms with E-state index in [4.69, 9.17) is 10.2 Å². The lowest BCUT2D eigenvalue weighted by atomic mass is 10.2. The number of anilines is 2. The Labute approximate surface area is 166 Å². The van der Waals surface area contributed by atoms with Crippen LogP contribution in [-0.2, 0) is 0 Å². The van der Waals surface area contributed by atoms with Gasteiger partial charge in [-0.2, -0.15) is 4.68 Å². The lowest BCUT2D eigenvalue weighted by Gasteiger charge is -2.31. The van der Waals surface area contributed by atoms with Gasteiger partial charge in [0.2, 0.25) is 0 Å². The van der Waals surface area contributed by atoms with Crippen LogP contribution in [-0.4, -0.2) is 69.8 Å². The van der Waals surface area contributed by atoms with Crippen molar-refractivity contribution in [1.82, 2.24) is 24.8 Å². The van der Waals surface area contributed by atoms with E-state index in [1.54, 1.807) is 41.3 Å². The monoisotopic (exact) mass is 395 g/mol. The maximum Gasteiger partial charge on any atom is 0.291 e. The Balaban J connectivity index is 1.48. The fraction of sp³-hybridized carbons (Fsp3) is 0.263. The minimum absolute atomic E-state index is 0.143. The molecule has 0 radical (unpaired) electrons. The largest absolute Gasteiger partial charge is 0.459 e. The van der Waals surface area contributed by atoms with Crippen LogP contribution in [0.25, 0.3) is 5.69 Å². The maximum absolute atomic E-state index is 12.7. The molecule has 3 aromatic rings. The first kappa shape index (κ1) is 18.7. The van der Waals surface area contributed by atoms with Crippen LogP contribution >= 0.6 is 0 Å². The van der Waals surface area contributed by atoms with E-state index in [1.165, 1.54) is 10.9 Å².